The third-order valence-electron chi connectivity index (χ3n) is 9.22. The molecule has 0 radical (unpaired) electrons. The number of hydrogen-bond acceptors (Lipinski definition) is 15. The number of thioether (sulfide) groups is 2. The molecule has 7 atom stereocenters. The molecule has 364 valence electrons. The second-order valence-corrected chi connectivity index (χ2v) is 16.4. The number of H-pyrrole nitrogens is 1. The third-order valence-corrected chi connectivity index (χ3v) is 10.5. The van der Waals surface area contributed by atoms with E-state index in [0.717, 1.165) is 0 Å². The molecule has 0 saturated heterocycles. The number of aromatic amines is 1. The van der Waals surface area contributed by atoms with Gasteiger partial charge in [0.1, 0.15) is 36.3 Å². The molecule has 0 spiro atoms. The van der Waals surface area contributed by atoms with Gasteiger partial charge in [-0.1, -0.05) is 0 Å². The van der Waals surface area contributed by atoms with Gasteiger partial charge in [0, 0.05) is 44.1 Å². The van der Waals surface area contributed by atoms with Crippen LogP contribution >= 0.6 is 23.5 Å². The zero-order valence-electron chi connectivity index (χ0n) is 35.9. The Hall–Kier alpha value is -6.16. The van der Waals surface area contributed by atoms with Gasteiger partial charge in [-0.25, -0.2) is 9.78 Å². The lowest BCUT2D eigenvalue weighted by atomic mass is 10.0. The molecule has 1 rings (SSSR count). The van der Waals surface area contributed by atoms with Crippen LogP contribution in [0.15, 0.2) is 17.5 Å². The summed E-state index contributed by atoms with van der Waals surface area (Å²) in [5.74, 6) is -10.8. The minimum Gasteiger partial charge on any atom is -0.481 e. The first-order valence-electron chi connectivity index (χ1n) is 20.1. The molecule has 0 bridgehead atoms. The zero-order valence-corrected chi connectivity index (χ0v) is 37.5. The quantitative estimate of drug-likeness (QED) is 0.0180. The summed E-state index contributed by atoms with van der Waals surface area (Å²) in [4.78, 5) is 138. The smallest absolute Gasteiger partial charge is 0.326 e. The van der Waals surface area contributed by atoms with Gasteiger partial charge in [0.05, 0.1) is 12.4 Å². The van der Waals surface area contributed by atoms with Gasteiger partial charge < -0.3 is 74.5 Å². The second kappa shape index (κ2) is 30.8. The fourth-order valence-corrected chi connectivity index (χ4v) is 6.66. The number of amides is 6. The molecule has 0 aliphatic rings. The van der Waals surface area contributed by atoms with Gasteiger partial charge in [-0.15, -0.1) is 0 Å². The first-order chi connectivity index (χ1) is 30.7. The molecular weight excluding hydrogens is 901 g/mol. The minimum atomic E-state index is -1.73. The molecule has 6 amide bonds. The first kappa shape index (κ1) is 56.9. The van der Waals surface area contributed by atoms with Crippen molar-refractivity contribution in [2.75, 3.05) is 30.6 Å². The number of rotatable bonds is 34. The van der Waals surface area contributed by atoms with Crippen LogP contribution in [0.5, 0.6) is 0 Å². The van der Waals surface area contributed by atoms with Crippen molar-refractivity contribution in [2.24, 2.45) is 22.2 Å². The standard InChI is InChI=1S/C37H60N12O14S2/c1-64-14-11-24(44-30(56)20(38)5-8-27(50)51)34(60)49-26(16-19-17-41-18-43-19)35(61)47-23(7-10-29(54)55)33(59)46-22(6-9-28(52)53)32(58)45-21(4-3-13-42-37(39)40)31(57)48-25(36(62)63)12-15-65-2/h17-18,20-26H,3-16,38H2,1-2H3,(H,41,43)(H,44,56)(H,45,58)(H,46,59)(H,47,61)(H,48,57)(H,49,60)(H,50,51)(H,52,53)(H,54,55)(H,62,63)(H4,39,40,42)/t20-,21-,22-,23-,24-,25-,26-/m0/s1. The molecular formula is C37H60N12O14S2. The van der Waals surface area contributed by atoms with Gasteiger partial charge in [-0.2, -0.15) is 23.5 Å². The summed E-state index contributed by atoms with van der Waals surface area (Å²) in [7, 11) is 0. The Morgan fingerprint density at radius 1 is 0.600 bits per heavy atom. The van der Waals surface area contributed by atoms with E-state index in [1.165, 1.54) is 36.0 Å². The largest absolute Gasteiger partial charge is 0.481 e. The number of carboxylic acid groups (broad SMARTS) is 4. The van der Waals surface area contributed by atoms with Crippen LogP contribution in [0.3, 0.4) is 0 Å². The van der Waals surface area contributed by atoms with E-state index in [4.69, 9.17) is 22.3 Å². The Morgan fingerprint density at radius 2 is 1.00 bits per heavy atom. The highest BCUT2D eigenvalue weighted by atomic mass is 32.2. The van der Waals surface area contributed by atoms with Gasteiger partial charge >= 0.3 is 23.9 Å². The summed E-state index contributed by atoms with van der Waals surface area (Å²) in [5.41, 5.74) is 16.9. The molecule has 0 fully saturated rings. The number of nitrogens with zero attached hydrogens (tertiary/aromatic N) is 2. The molecule has 0 aromatic carbocycles. The van der Waals surface area contributed by atoms with E-state index < -0.39 is 134 Å². The average Bonchev–Trinajstić information content (AvgIpc) is 3.76. The third kappa shape index (κ3) is 23.9. The summed E-state index contributed by atoms with van der Waals surface area (Å²) in [6, 6.07) is -10.3. The van der Waals surface area contributed by atoms with E-state index in [2.05, 4.69) is 46.9 Å². The summed E-state index contributed by atoms with van der Waals surface area (Å²) >= 11 is 2.66. The molecule has 26 nitrogen and oxygen atoms in total. The first-order valence-corrected chi connectivity index (χ1v) is 22.9. The number of guanidine groups is 1. The molecule has 28 heteroatoms. The Morgan fingerprint density at radius 3 is 1.43 bits per heavy atom. The molecule has 1 aromatic heterocycles. The molecule has 0 saturated carbocycles. The molecule has 65 heavy (non-hydrogen) atoms. The van der Waals surface area contributed by atoms with Crippen LogP contribution in [0.25, 0.3) is 0 Å². The fourth-order valence-electron chi connectivity index (χ4n) is 5.72. The Labute approximate surface area is 382 Å². The average molecular weight is 961 g/mol. The highest BCUT2D eigenvalue weighted by Crippen LogP contribution is 2.10. The molecule has 1 heterocycles. The Balaban J connectivity index is 3.50. The van der Waals surface area contributed by atoms with Crippen LogP contribution in [0, 0.1) is 0 Å². The molecule has 1 aromatic rings. The number of nitrogens with two attached hydrogens (primary N) is 3. The summed E-state index contributed by atoms with van der Waals surface area (Å²) in [6.07, 6.45) is 2.64. The number of nitrogens with one attached hydrogen (secondary N) is 7. The van der Waals surface area contributed by atoms with Crippen molar-refractivity contribution in [3.63, 3.8) is 0 Å². The van der Waals surface area contributed by atoms with E-state index in [-0.39, 0.29) is 51.0 Å². The van der Waals surface area contributed by atoms with Crippen molar-refractivity contribution >= 4 is 88.8 Å². The van der Waals surface area contributed by atoms with E-state index in [1.807, 2.05) is 0 Å². The van der Waals surface area contributed by atoms with Crippen LogP contribution in [0.1, 0.15) is 69.9 Å². The van der Waals surface area contributed by atoms with Gasteiger partial charge in [-0.3, -0.25) is 48.1 Å². The van der Waals surface area contributed by atoms with Gasteiger partial charge in [0.25, 0.3) is 0 Å². The lowest BCUT2D eigenvalue weighted by molar-refractivity contribution is -0.142. The van der Waals surface area contributed by atoms with Crippen LogP contribution in [-0.4, -0.2) is 169 Å². The maximum Gasteiger partial charge on any atom is 0.326 e. The highest BCUT2D eigenvalue weighted by molar-refractivity contribution is 7.98. The van der Waals surface area contributed by atoms with Gasteiger partial charge in [0.2, 0.25) is 35.4 Å². The molecule has 0 unspecified atom stereocenters. The minimum absolute atomic E-state index is 0.00135. The Bertz CT molecular complexity index is 1800. The lowest BCUT2D eigenvalue weighted by Crippen LogP contribution is -2.60. The van der Waals surface area contributed by atoms with Crippen molar-refractivity contribution < 1.29 is 68.4 Å². The number of imidazole rings is 1. The zero-order chi connectivity index (χ0) is 49.1. The van der Waals surface area contributed by atoms with Crippen LogP contribution in [0.4, 0.5) is 0 Å². The fraction of sp³-hybridized carbons (Fsp3) is 0.622. The van der Waals surface area contributed by atoms with Gasteiger partial charge in [0.15, 0.2) is 5.96 Å². The van der Waals surface area contributed by atoms with E-state index in [1.54, 1.807) is 12.5 Å². The number of carbonyl (C=O) groups is 10. The number of hydrogen-bond donors (Lipinski definition) is 14. The summed E-state index contributed by atoms with van der Waals surface area (Å²) < 4.78 is 0. The molecule has 0 aliphatic heterocycles. The summed E-state index contributed by atoms with van der Waals surface area (Å²) in [5, 5.41) is 52.1. The lowest BCUT2D eigenvalue weighted by Gasteiger charge is -2.27. The SMILES string of the molecule is CSCC[C@H](NC(=O)[C@H](CCCN=C(N)N)NC(=O)[C@H](CCC(=O)O)NC(=O)[C@H](CCC(=O)O)NC(=O)[C@H](Cc1cnc[nH]1)NC(=O)[C@H](CCSC)NC(=O)[C@@H](N)CCC(=O)O)C(=O)O. The van der Waals surface area contributed by atoms with Crippen LogP contribution in [0.2, 0.25) is 0 Å². The summed E-state index contributed by atoms with van der Waals surface area (Å²) in [6.45, 7) is -0.00135. The Kier molecular flexibility index (Phi) is 27.0. The molecule has 17 N–H and O–H groups in total. The van der Waals surface area contributed by atoms with E-state index in [0.29, 0.717) is 17.2 Å². The van der Waals surface area contributed by atoms with Crippen molar-refractivity contribution in [3.05, 3.63) is 18.2 Å². The maximum absolute atomic E-state index is 14.0. The number of carbonyl (C=O) groups excluding carboxylic acids is 6. The number of aliphatic carboxylic acids is 4. The molecule has 0 aliphatic carbocycles. The van der Waals surface area contributed by atoms with E-state index in [9.17, 15) is 63.3 Å². The number of aliphatic imine (C=N–C) groups is 1. The van der Waals surface area contributed by atoms with Crippen molar-refractivity contribution in [1.82, 2.24) is 41.9 Å². The van der Waals surface area contributed by atoms with Crippen LogP contribution < -0.4 is 49.1 Å². The van der Waals surface area contributed by atoms with Gasteiger partial charge in [-0.05, 0) is 69.0 Å². The normalized spacial score (nSPS) is 14.1. The van der Waals surface area contributed by atoms with Crippen LogP contribution in [-0.2, 0) is 54.4 Å². The predicted molar refractivity (Wildman–Crippen MR) is 236 cm³/mol. The van der Waals surface area contributed by atoms with Crippen molar-refractivity contribution in [2.45, 2.75) is 113 Å². The van der Waals surface area contributed by atoms with Crippen molar-refractivity contribution in [3.8, 4) is 0 Å². The highest BCUT2D eigenvalue weighted by Gasteiger charge is 2.34. The topological polar surface area (TPSA) is 443 Å². The second-order valence-electron chi connectivity index (χ2n) is 14.4. The van der Waals surface area contributed by atoms with E-state index >= 15 is 0 Å². The maximum atomic E-state index is 14.0. The number of aromatic nitrogens is 2. The van der Waals surface area contributed by atoms with Crippen molar-refractivity contribution in [1.29, 1.82) is 0 Å². The predicted octanol–water partition coefficient (Wildman–Crippen LogP) is -3.57. The number of carboxylic acids is 4. The monoisotopic (exact) mass is 960 g/mol.